The van der Waals surface area contributed by atoms with Crippen LogP contribution in [0.25, 0.3) is 28.2 Å². The van der Waals surface area contributed by atoms with Crippen molar-refractivity contribution in [1.82, 2.24) is 34.4 Å². The van der Waals surface area contributed by atoms with Crippen LogP contribution in [-0.4, -0.2) is 52.7 Å². The maximum Gasteiger partial charge on any atom is 0.275 e. The number of aromatic nitrogens is 6. The average molecular weight is 633 g/mol. The maximum absolute atomic E-state index is 14.9. The van der Waals surface area contributed by atoms with E-state index in [1.807, 2.05) is 30.3 Å². The summed E-state index contributed by atoms with van der Waals surface area (Å²) in [6, 6.07) is 16.6. The van der Waals surface area contributed by atoms with Crippen LogP contribution in [0.1, 0.15) is 33.4 Å². The predicted octanol–water partition coefficient (Wildman–Crippen LogP) is 6.20. The minimum absolute atomic E-state index is 0.0420. The van der Waals surface area contributed by atoms with E-state index in [2.05, 4.69) is 30.2 Å². The Morgan fingerprint density at radius 3 is 2.54 bits per heavy atom. The van der Waals surface area contributed by atoms with Gasteiger partial charge in [0.05, 0.1) is 16.4 Å². The maximum atomic E-state index is 14.9. The lowest BCUT2D eigenvalue weighted by Gasteiger charge is -2.37. The molecule has 7 rings (SSSR count). The summed E-state index contributed by atoms with van der Waals surface area (Å²) >= 11 is 6.03. The molecule has 4 heterocycles. The molecule has 1 aliphatic rings. The molecule has 0 fully saturated rings. The third-order valence-electron chi connectivity index (χ3n) is 8.13. The normalized spacial score (nSPS) is 14.2. The van der Waals surface area contributed by atoms with Gasteiger partial charge in [0.2, 0.25) is 0 Å². The number of H-pyrrole nitrogens is 1. The van der Waals surface area contributed by atoms with Gasteiger partial charge >= 0.3 is 0 Å². The van der Waals surface area contributed by atoms with Gasteiger partial charge in [-0.15, -0.1) is 0 Å². The molecule has 2 amide bonds. The zero-order valence-corrected chi connectivity index (χ0v) is 25.2. The number of anilines is 1. The van der Waals surface area contributed by atoms with Crippen LogP contribution < -0.4 is 5.32 Å². The number of fused-ring (bicyclic) bond motifs is 1. The summed E-state index contributed by atoms with van der Waals surface area (Å²) < 4.78 is 16.4. The van der Waals surface area contributed by atoms with Gasteiger partial charge in [-0.1, -0.05) is 35.9 Å². The van der Waals surface area contributed by atoms with Crippen molar-refractivity contribution < 1.29 is 14.0 Å². The van der Waals surface area contributed by atoms with Crippen LogP contribution in [0.4, 0.5) is 10.1 Å². The van der Waals surface area contributed by atoms with Crippen molar-refractivity contribution in [2.75, 3.05) is 11.9 Å². The second kappa shape index (κ2) is 12.0. The molecular weight excluding hydrogens is 607 g/mol. The van der Waals surface area contributed by atoms with E-state index >= 15 is 0 Å². The van der Waals surface area contributed by atoms with Crippen LogP contribution in [0.2, 0.25) is 5.02 Å². The molecule has 228 valence electrons. The number of hydrogen-bond acceptors (Lipinski definition) is 6. The minimum Gasteiger partial charge on any atom is -0.345 e. The number of halogens is 2. The number of carbonyl (C=O) groups excluding carboxylic acids is 2. The molecule has 1 aliphatic heterocycles. The van der Waals surface area contributed by atoms with Gasteiger partial charge in [-0.05, 0) is 66.4 Å². The lowest BCUT2D eigenvalue weighted by atomic mass is 9.86. The summed E-state index contributed by atoms with van der Waals surface area (Å²) in [6.45, 7) is 1.92. The highest BCUT2D eigenvalue weighted by Crippen LogP contribution is 2.38. The number of rotatable bonds is 6. The molecule has 1 atom stereocenters. The van der Waals surface area contributed by atoms with Gasteiger partial charge in [-0.25, -0.2) is 24.3 Å². The van der Waals surface area contributed by atoms with Crippen molar-refractivity contribution >= 4 is 29.1 Å². The third-order valence-corrected chi connectivity index (χ3v) is 8.42. The Balaban J connectivity index is 1.26. The molecule has 0 spiro atoms. The van der Waals surface area contributed by atoms with E-state index in [9.17, 15) is 14.0 Å². The van der Waals surface area contributed by atoms with Crippen molar-refractivity contribution in [1.29, 1.82) is 0 Å². The Bertz CT molecular complexity index is 2060. The van der Waals surface area contributed by atoms with Crippen LogP contribution in [0, 0.1) is 12.7 Å². The Morgan fingerprint density at radius 2 is 1.78 bits per heavy atom. The van der Waals surface area contributed by atoms with E-state index in [4.69, 9.17) is 11.6 Å². The zero-order valence-electron chi connectivity index (χ0n) is 24.5. The van der Waals surface area contributed by atoms with Crippen LogP contribution in [-0.2, 0) is 11.2 Å². The van der Waals surface area contributed by atoms with E-state index in [0.717, 1.165) is 22.3 Å². The Labute approximate surface area is 268 Å². The molecule has 0 saturated heterocycles. The molecule has 0 radical (unpaired) electrons. The van der Waals surface area contributed by atoms with Gasteiger partial charge in [0.25, 0.3) is 11.8 Å². The molecule has 0 saturated carbocycles. The lowest BCUT2D eigenvalue weighted by molar-refractivity contribution is -0.121. The molecule has 0 bridgehead atoms. The molecular formula is C34H26ClFN8O2. The highest BCUT2D eigenvalue weighted by atomic mass is 35.5. The molecule has 0 aliphatic carbocycles. The first kappa shape index (κ1) is 29.1. The summed E-state index contributed by atoms with van der Waals surface area (Å²) in [5.41, 5.74) is 5.43. The van der Waals surface area contributed by atoms with E-state index in [1.165, 1.54) is 28.2 Å². The van der Waals surface area contributed by atoms with Crippen molar-refractivity contribution in [2.24, 2.45) is 0 Å². The van der Waals surface area contributed by atoms with Crippen LogP contribution in [0.5, 0.6) is 0 Å². The molecule has 1 unspecified atom stereocenters. The monoisotopic (exact) mass is 632 g/mol. The summed E-state index contributed by atoms with van der Waals surface area (Å²) in [7, 11) is 0. The van der Waals surface area contributed by atoms with Gasteiger partial charge in [0.1, 0.15) is 30.2 Å². The van der Waals surface area contributed by atoms with Crippen molar-refractivity contribution in [2.45, 2.75) is 19.4 Å². The van der Waals surface area contributed by atoms with Gasteiger partial charge in [-0.3, -0.25) is 14.2 Å². The zero-order chi connectivity index (χ0) is 31.8. The van der Waals surface area contributed by atoms with Gasteiger partial charge < -0.3 is 15.2 Å². The van der Waals surface area contributed by atoms with Crippen molar-refractivity contribution in [3.8, 4) is 28.2 Å². The average Bonchev–Trinajstić information content (AvgIpc) is 3.76. The van der Waals surface area contributed by atoms with E-state index in [0.29, 0.717) is 29.2 Å². The highest BCUT2D eigenvalue weighted by molar-refractivity contribution is 6.30. The minimum atomic E-state index is -0.988. The molecule has 2 N–H and O–H groups in total. The van der Waals surface area contributed by atoms with Crippen molar-refractivity contribution in [3.05, 3.63) is 131 Å². The Kier molecular flexibility index (Phi) is 7.59. The number of aromatic amines is 1. The largest absolute Gasteiger partial charge is 0.345 e. The fraction of sp³-hybridized carbons (Fsp3) is 0.118. The number of amides is 2. The Hall–Kier alpha value is -5.68. The fourth-order valence-corrected chi connectivity index (χ4v) is 6.07. The number of carbonyl (C=O) groups is 2. The van der Waals surface area contributed by atoms with Crippen molar-refractivity contribution in [3.63, 3.8) is 0 Å². The first-order valence-electron chi connectivity index (χ1n) is 14.5. The first-order valence-corrected chi connectivity index (χ1v) is 14.9. The Morgan fingerprint density at radius 1 is 1.00 bits per heavy atom. The summed E-state index contributed by atoms with van der Waals surface area (Å²) in [6.07, 6.45) is 10.2. The van der Waals surface area contributed by atoms with Gasteiger partial charge in [0.15, 0.2) is 5.82 Å². The summed E-state index contributed by atoms with van der Waals surface area (Å²) in [4.78, 5) is 50.0. The second-order valence-electron chi connectivity index (χ2n) is 10.8. The summed E-state index contributed by atoms with van der Waals surface area (Å²) in [5, 5.41) is 2.96. The topological polar surface area (TPSA) is 122 Å². The van der Waals surface area contributed by atoms with E-state index in [1.54, 1.807) is 56.0 Å². The SMILES string of the molecule is Cc1c(C(=O)N2CCc3c(-c4cncnc4)cccc3C2C(=O)Nc2ccc(-c3ncc[nH]3)cc2)ncn1-c1cccc(Cl)c1F. The van der Waals surface area contributed by atoms with Gasteiger partial charge in [0, 0.05) is 48.1 Å². The highest BCUT2D eigenvalue weighted by Gasteiger charge is 2.39. The fourth-order valence-electron chi connectivity index (χ4n) is 5.90. The van der Waals surface area contributed by atoms with Crippen LogP contribution in [0.15, 0.2) is 98.1 Å². The third kappa shape index (κ3) is 5.20. The second-order valence-corrected chi connectivity index (χ2v) is 11.2. The van der Waals surface area contributed by atoms with Crippen LogP contribution in [0.3, 0.4) is 0 Å². The quantitative estimate of drug-likeness (QED) is 0.226. The van der Waals surface area contributed by atoms with Crippen LogP contribution >= 0.6 is 11.6 Å². The summed E-state index contributed by atoms with van der Waals surface area (Å²) in [5.74, 6) is -0.755. The molecule has 6 aromatic rings. The number of nitrogens with zero attached hydrogens (tertiary/aromatic N) is 6. The smallest absolute Gasteiger partial charge is 0.275 e. The number of imidazole rings is 2. The predicted molar refractivity (Wildman–Crippen MR) is 171 cm³/mol. The first-order chi connectivity index (χ1) is 22.4. The van der Waals surface area contributed by atoms with E-state index in [-0.39, 0.29) is 28.9 Å². The number of hydrogen-bond donors (Lipinski definition) is 2. The molecule has 46 heavy (non-hydrogen) atoms. The lowest BCUT2D eigenvalue weighted by Crippen LogP contribution is -2.45. The molecule has 10 nitrogen and oxygen atoms in total. The molecule has 3 aromatic heterocycles. The molecule has 3 aromatic carbocycles. The number of nitrogens with one attached hydrogen (secondary N) is 2. The number of benzene rings is 3. The van der Waals surface area contributed by atoms with Gasteiger partial charge in [-0.2, -0.15) is 0 Å². The van der Waals surface area contributed by atoms with E-state index < -0.39 is 17.8 Å². The molecule has 12 heteroatoms. The standard InChI is InChI=1S/C34H26ClFN8O2/c1-20-30(41-19-44(20)28-7-3-6-27(35)29(28)36)34(46)43-15-12-25-24(22-16-37-18-38-17-22)4-2-5-26(25)31(43)33(45)42-23-10-8-21(9-11-23)32-39-13-14-40-32/h2-11,13-14,16-19,31H,12,15H2,1H3,(H,39,40)(H,42,45).